The smallest absolute Gasteiger partial charge is 0.0540 e. The monoisotopic (exact) mass is 972 g/mol. The number of fused-ring (bicyclic) bond motifs is 6. The molecule has 75 heavy (non-hydrogen) atoms. The van der Waals surface area contributed by atoms with E-state index in [4.69, 9.17) is 0 Å². The van der Waals surface area contributed by atoms with Gasteiger partial charge >= 0.3 is 0 Å². The first-order chi connectivity index (χ1) is 37.2. The van der Waals surface area contributed by atoms with E-state index in [1.54, 1.807) is 0 Å². The summed E-state index contributed by atoms with van der Waals surface area (Å²) in [6.45, 7) is 0. The van der Waals surface area contributed by atoms with Gasteiger partial charge in [0.05, 0.1) is 17.1 Å². The summed E-state index contributed by atoms with van der Waals surface area (Å²) < 4.78 is 2.65. The highest BCUT2D eigenvalue weighted by Crippen LogP contribution is 2.47. The number of rotatable bonds is 10. The zero-order chi connectivity index (χ0) is 49.7. The molecule has 0 atom stereocenters. The van der Waals surface area contributed by atoms with Crippen molar-refractivity contribution in [1.29, 1.82) is 0 Å². The first-order valence-electron chi connectivity index (χ1n) is 25.6. The van der Waals surface area contributed by atoms with E-state index in [1.165, 1.54) is 80.3 Å². The van der Waals surface area contributed by atoms with E-state index in [2.05, 4.69) is 301 Å². The first-order valence-corrected chi connectivity index (χ1v) is 26.5. The number of thiophene rings is 1. The molecule has 0 aliphatic heterocycles. The Bertz CT molecular complexity index is 4430. The van der Waals surface area contributed by atoms with E-state index in [0.29, 0.717) is 0 Å². The van der Waals surface area contributed by atoms with Gasteiger partial charge in [-0.1, -0.05) is 224 Å². The maximum atomic E-state index is 2.45. The molecule has 14 rings (SSSR count). The van der Waals surface area contributed by atoms with Gasteiger partial charge < -0.3 is 9.80 Å². The molecule has 0 N–H and O–H groups in total. The van der Waals surface area contributed by atoms with Gasteiger partial charge in [-0.3, -0.25) is 0 Å². The van der Waals surface area contributed by atoms with E-state index >= 15 is 0 Å². The molecule has 0 fully saturated rings. The number of nitrogens with zero attached hydrogens (tertiary/aromatic N) is 2. The Labute approximate surface area is 440 Å². The Hall–Kier alpha value is -9.54. The predicted molar refractivity (Wildman–Crippen MR) is 323 cm³/mol. The maximum absolute atomic E-state index is 2.45. The molecule has 0 amide bonds. The molecule has 13 aromatic carbocycles. The molecule has 0 unspecified atom stereocenters. The summed E-state index contributed by atoms with van der Waals surface area (Å²) in [5.41, 5.74) is 16.1. The van der Waals surface area contributed by atoms with Crippen molar-refractivity contribution >= 4 is 98.0 Å². The van der Waals surface area contributed by atoms with E-state index < -0.39 is 0 Å². The summed E-state index contributed by atoms with van der Waals surface area (Å²) in [5.74, 6) is 0. The second-order valence-electron chi connectivity index (χ2n) is 19.3. The van der Waals surface area contributed by atoms with Crippen LogP contribution in [0.4, 0.5) is 34.1 Å². The summed E-state index contributed by atoms with van der Waals surface area (Å²) in [7, 11) is 0. The minimum atomic E-state index is 1.07. The Morgan fingerprint density at radius 1 is 0.227 bits per heavy atom. The van der Waals surface area contributed by atoms with Crippen LogP contribution >= 0.6 is 11.3 Å². The third kappa shape index (κ3) is 8.08. The third-order valence-electron chi connectivity index (χ3n) is 14.8. The van der Waals surface area contributed by atoms with Gasteiger partial charge in [0.15, 0.2) is 0 Å². The maximum Gasteiger partial charge on any atom is 0.0540 e. The topological polar surface area (TPSA) is 6.48 Å². The SMILES string of the molecule is c1ccc(-c2ccc(-c3cccc(N(c4ccccc4-c4cccc(N(c5ccc6cc(-c7cccc8c7sc7ccccc78)ccc6c5)c5cccc6ccccc56)c4)c4cccc5ccccc45)c3)cc2)cc1. The van der Waals surface area contributed by atoms with Crippen LogP contribution in [0.15, 0.2) is 291 Å². The molecule has 0 aliphatic carbocycles. The van der Waals surface area contributed by atoms with E-state index in [0.717, 1.165) is 50.8 Å². The molecule has 2 nitrogen and oxygen atoms in total. The van der Waals surface area contributed by atoms with Gasteiger partial charge in [0, 0.05) is 53.6 Å². The Kier molecular flexibility index (Phi) is 11.1. The lowest BCUT2D eigenvalue weighted by molar-refractivity contribution is 1.29. The number of anilines is 6. The van der Waals surface area contributed by atoms with E-state index in [9.17, 15) is 0 Å². The Morgan fingerprint density at radius 2 is 0.680 bits per heavy atom. The molecule has 0 bridgehead atoms. The lowest BCUT2D eigenvalue weighted by Crippen LogP contribution is -2.12. The van der Waals surface area contributed by atoms with Gasteiger partial charge in [-0.25, -0.2) is 0 Å². The number of para-hydroxylation sites is 1. The summed E-state index contributed by atoms with van der Waals surface area (Å²) >= 11 is 1.88. The molecule has 1 heterocycles. The molecule has 0 radical (unpaired) electrons. The molecular weight excluding hydrogens is 925 g/mol. The van der Waals surface area contributed by atoms with Crippen LogP contribution in [0.1, 0.15) is 0 Å². The molecule has 0 spiro atoms. The summed E-state index contributed by atoms with van der Waals surface area (Å²) in [4.78, 5) is 4.89. The van der Waals surface area contributed by atoms with E-state index in [-0.39, 0.29) is 0 Å². The molecule has 0 saturated heterocycles. The third-order valence-corrected chi connectivity index (χ3v) is 16.0. The van der Waals surface area contributed by atoms with Crippen LogP contribution in [0.25, 0.3) is 97.0 Å². The summed E-state index contributed by atoms with van der Waals surface area (Å²) in [5, 5.41) is 9.79. The van der Waals surface area contributed by atoms with Crippen molar-refractivity contribution in [2.75, 3.05) is 9.80 Å². The largest absolute Gasteiger partial charge is 0.310 e. The van der Waals surface area contributed by atoms with Crippen molar-refractivity contribution in [3.8, 4) is 44.5 Å². The highest BCUT2D eigenvalue weighted by molar-refractivity contribution is 7.26. The lowest BCUT2D eigenvalue weighted by Gasteiger charge is -2.30. The number of benzene rings is 13. The van der Waals surface area contributed by atoms with Crippen molar-refractivity contribution in [2.24, 2.45) is 0 Å². The van der Waals surface area contributed by atoms with Crippen LogP contribution in [-0.4, -0.2) is 0 Å². The summed E-state index contributed by atoms with van der Waals surface area (Å²) in [6.07, 6.45) is 0. The van der Waals surface area contributed by atoms with Crippen molar-refractivity contribution in [3.05, 3.63) is 291 Å². The molecule has 0 aliphatic rings. The van der Waals surface area contributed by atoms with Gasteiger partial charge in [0.25, 0.3) is 0 Å². The van der Waals surface area contributed by atoms with Gasteiger partial charge in [-0.15, -0.1) is 11.3 Å². The molecule has 3 heteroatoms. The Balaban J connectivity index is 0.895. The first kappa shape index (κ1) is 44.2. The average molecular weight is 973 g/mol. The molecule has 352 valence electrons. The fraction of sp³-hybridized carbons (Fsp3) is 0. The van der Waals surface area contributed by atoms with Crippen molar-refractivity contribution in [1.82, 2.24) is 0 Å². The van der Waals surface area contributed by atoms with Crippen LogP contribution in [-0.2, 0) is 0 Å². The minimum absolute atomic E-state index is 1.07. The fourth-order valence-corrected chi connectivity index (χ4v) is 12.4. The van der Waals surface area contributed by atoms with Gasteiger partial charge in [-0.2, -0.15) is 0 Å². The predicted octanol–water partition coefficient (Wildman–Crippen LogP) is 21.1. The van der Waals surface area contributed by atoms with Crippen LogP contribution in [0.5, 0.6) is 0 Å². The molecule has 14 aromatic rings. The highest BCUT2D eigenvalue weighted by atomic mass is 32.1. The second kappa shape index (κ2) is 18.8. The molecule has 0 saturated carbocycles. The van der Waals surface area contributed by atoms with Gasteiger partial charge in [0.2, 0.25) is 0 Å². The summed E-state index contributed by atoms with van der Waals surface area (Å²) in [6, 6.07) is 107. The van der Waals surface area contributed by atoms with E-state index in [1.807, 2.05) is 11.3 Å². The molecular formula is C72H48N2S. The fourth-order valence-electron chi connectivity index (χ4n) is 11.2. The highest BCUT2D eigenvalue weighted by Gasteiger charge is 2.22. The van der Waals surface area contributed by atoms with Crippen molar-refractivity contribution in [3.63, 3.8) is 0 Å². The zero-order valence-corrected chi connectivity index (χ0v) is 41.8. The zero-order valence-electron chi connectivity index (χ0n) is 41.0. The van der Waals surface area contributed by atoms with Crippen LogP contribution in [0.3, 0.4) is 0 Å². The van der Waals surface area contributed by atoms with Crippen molar-refractivity contribution < 1.29 is 0 Å². The quantitative estimate of drug-likeness (QED) is 0.135. The minimum Gasteiger partial charge on any atom is -0.310 e. The number of hydrogen-bond acceptors (Lipinski definition) is 3. The average Bonchev–Trinajstić information content (AvgIpc) is 3.87. The van der Waals surface area contributed by atoms with Crippen molar-refractivity contribution in [2.45, 2.75) is 0 Å². The van der Waals surface area contributed by atoms with Crippen LogP contribution in [0.2, 0.25) is 0 Å². The van der Waals surface area contributed by atoms with Crippen LogP contribution in [0, 0.1) is 0 Å². The van der Waals surface area contributed by atoms with Gasteiger partial charge in [0.1, 0.15) is 0 Å². The standard InChI is InChI=1S/C72H48N2S/c1-2-17-49(18-3-1)50-37-39-51(40-38-50)54-23-12-26-60(46-54)74(70-35-15-22-53-20-5-7-28-63(53)70)69-33-10-8-29-64(69)57-24-13-25-59(48-57)73(68-34-14-21-52-19-4-6-27-62(52)68)61-44-43-55-45-58(42-41-56(55)47-61)65-31-16-32-67-66-30-9-11-36-71(66)75-72(65)67/h1-48H. The second-order valence-corrected chi connectivity index (χ2v) is 20.3. The normalized spacial score (nSPS) is 11.5. The molecule has 1 aromatic heterocycles. The van der Waals surface area contributed by atoms with Crippen LogP contribution < -0.4 is 9.80 Å². The Morgan fingerprint density at radius 3 is 1.45 bits per heavy atom. The lowest BCUT2D eigenvalue weighted by atomic mass is 9.97. The van der Waals surface area contributed by atoms with Gasteiger partial charge in [-0.05, 0) is 127 Å². The number of hydrogen-bond donors (Lipinski definition) is 0.